The highest BCUT2D eigenvalue weighted by molar-refractivity contribution is 5.78. The van der Waals surface area contributed by atoms with Gasteiger partial charge < -0.3 is 9.64 Å². The van der Waals surface area contributed by atoms with Crippen LogP contribution in [0.2, 0.25) is 0 Å². The van der Waals surface area contributed by atoms with Crippen LogP contribution < -0.4 is 4.74 Å². The molecule has 24 heavy (non-hydrogen) atoms. The first-order chi connectivity index (χ1) is 11.5. The van der Waals surface area contributed by atoms with Crippen molar-refractivity contribution in [2.75, 3.05) is 33.3 Å². The number of aromatic nitrogens is 1. The lowest BCUT2D eigenvalue weighted by molar-refractivity contribution is -0.133. The van der Waals surface area contributed by atoms with E-state index in [1.807, 2.05) is 32.2 Å². The second kappa shape index (κ2) is 7.09. The zero-order valence-corrected chi connectivity index (χ0v) is 15.1. The molecule has 132 valence electrons. The van der Waals surface area contributed by atoms with E-state index >= 15 is 0 Å². The number of amides is 1. The van der Waals surface area contributed by atoms with Crippen LogP contribution in [0.5, 0.6) is 5.75 Å². The van der Waals surface area contributed by atoms with Gasteiger partial charge in [-0.05, 0) is 43.8 Å². The lowest BCUT2D eigenvalue weighted by Crippen LogP contribution is -2.42. The molecular weight excluding hydrogens is 302 g/mol. The summed E-state index contributed by atoms with van der Waals surface area (Å²) in [7, 11) is 1.69. The van der Waals surface area contributed by atoms with Crippen molar-refractivity contribution in [2.24, 2.45) is 11.3 Å². The molecule has 3 rings (SSSR count). The Morgan fingerprint density at radius 1 is 1.29 bits per heavy atom. The number of likely N-dealkylation sites (tertiary alicyclic amines) is 2. The van der Waals surface area contributed by atoms with Crippen molar-refractivity contribution in [3.8, 4) is 5.75 Å². The summed E-state index contributed by atoms with van der Waals surface area (Å²) in [6.07, 6.45) is 5.33. The smallest absolute Gasteiger partial charge is 0.225 e. The quantitative estimate of drug-likeness (QED) is 0.851. The molecule has 1 spiro atoms. The molecule has 2 saturated heterocycles. The minimum absolute atomic E-state index is 0.111. The minimum Gasteiger partial charge on any atom is -0.497 e. The van der Waals surface area contributed by atoms with Gasteiger partial charge in [0.05, 0.1) is 12.8 Å². The van der Waals surface area contributed by atoms with Crippen molar-refractivity contribution in [2.45, 2.75) is 39.7 Å². The first-order valence-corrected chi connectivity index (χ1v) is 9.01. The average molecular weight is 331 g/mol. The Hall–Kier alpha value is -1.62. The molecule has 2 aliphatic heterocycles. The molecule has 0 aliphatic carbocycles. The Morgan fingerprint density at radius 3 is 2.67 bits per heavy atom. The van der Waals surface area contributed by atoms with E-state index in [-0.39, 0.29) is 5.92 Å². The van der Waals surface area contributed by atoms with Crippen LogP contribution in [0, 0.1) is 11.3 Å². The predicted octanol–water partition coefficient (Wildman–Crippen LogP) is 2.56. The van der Waals surface area contributed by atoms with Gasteiger partial charge in [-0.2, -0.15) is 0 Å². The molecule has 0 radical (unpaired) electrons. The summed E-state index contributed by atoms with van der Waals surface area (Å²) in [4.78, 5) is 21.2. The molecular formula is C19H29N3O2. The van der Waals surface area contributed by atoms with Crippen LogP contribution in [0.3, 0.4) is 0 Å². The van der Waals surface area contributed by atoms with E-state index in [0.717, 1.165) is 50.6 Å². The Labute approximate surface area is 145 Å². The summed E-state index contributed by atoms with van der Waals surface area (Å²) in [5.41, 5.74) is 1.41. The van der Waals surface area contributed by atoms with E-state index in [2.05, 4.69) is 14.8 Å². The third kappa shape index (κ3) is 3.72. The van der Waals surface area contributed by atoms with Gasteiger partial charge >= 0.3 is 0 Å². The van der Waals surface area contributed by atoms with Crippen molar-refractivity contribution in [3.05, 3.63) is 24.0 Å². The molecule has 0 atom stereocenters. The Balaban J connectivity index is 1.53. The first-order valence-electron chi connectivity index (χ1n) is 9.01. The Morgan fingerprint density at radius 2 is 2.00 bits per heavy atom. The Kier molecular flexibility index (Phi) is 5.09. The molecule has 1 amide bonds. The normalized spacial score (nSPS) is 20.8. The number of methoxy groups -OCH3 is 1. The maximum atomic E-state index is 12.2. The van der Waals surface area contributed by atoms with Gasteiger partial charge in [0.15, 0.2) is 0 Å². The second-order valence-corrected chi connectivity index (χ2v) is 7.63. The van der Waals surface area contributed by atoms with Gasteiger partial charge in [0.1, 0.15) is 5.75 Å². The first kappa shape index (κ1) is 17.2. The van der Waals surface area contributed by atoms with Crippen molar-refractivity contribution >= 4 is 5.91 Å². The zero-order chi connectivity index (χ0) is 17.2. The van der Waals surface area contributed by atoms with Crippen molar-refractivity contribution in [1.82, 2.24) is 14.8 Å². The summed E-state index contributed by atoms with van der Waals surface area (Å²) < 4.78 is 5.28. The zero-order valence-electron chi connectivity index (χ0n) is 15.1. The molecule has 1 aromatic rings. The molecule has 0 saturated carbocycles. The molecule has 1 aromatic heterocycles. The number of hydrogen-bond donors (Lipinski definition) is 0. The number of carbonyl (C=O) groups excluding carboxylic acids is 1. The van der Waals surface area contributed by atoms with Crippen LogP contribution in [0.25, 0.3) is 0 Å². The molecule has 2 fully saturated rings. The van der Waals surface area contributed by atoms with E-state index in [0.29, 0.717) is 11.3 Å². The number of pyridine rings is 1. The fraction of sp³-hybridized carbons (Fsp3) is 0.684. The van der Waals surface area contributed by atoms with Crippen LogP contribution in [0.1, 0.15) is 38.8 Å². The number of nitrogens with zero attached hydrogens (tertiary/aromatic N) is 3. The van der Waals surface area contributed by atoms with Crippen molar-refractivity contribution in [1.29, 1.82) is 0 Å². The molecule has 0 unspecified atom stereocenters. The summed E-state index contributed by atoms with van der Waals surface area (Å²) in [5.74, 6) is 1.29. The maximum absolute atomic E-state index is 12.2. The third-order valence-corrected chi connectivity index (χ3v) is 5.57. The number of ether oxygens (including phenoxy) is 1. The highest BCUT2D eigenvalue weighted by atomic mass is 16.5. The molecule has 0 aromatic carbocycles. The number of hydrogen-bond acceptors (Lipinski definition) is 4. The number of rotatable bonds is 4. The molecule has 5 heteroatoms. The van der Waals surface area contributed by atoms with Gasteiger partial charge in [-0.3, -0.25) is 14.7 Å². The van der Waals surface area contributed by atoms with Gasteiger partial charge in [0, 0.05) is 37.8 Å². The van der Waals surface area contributed by atoms with Crippen LogP contribution in [0.15, 0.2) is 18.3 Å². The fourth-order valence-corrected chi connectivity index (χ4v) is 3.98. The average Bonchev–Trinajstić information content (AvgIpc) is 3.00. The molecule has 3 heterocycles. The van der Waals surface area contributed by atoms with Crippen molar-refractivity contribution < 1.29 is 9.53 Å². The van der Waals surface area contributed by atoms with Crippen LogP contribution in [0.4, 0.5) is 0 Å². The number of piperidine rings is 1. The third-order valence-electron chi connectivity index (χ3n) is 5.57. The van der Waals surface area contributed by atoms with E-state index in [9.17, 15) is 4.79 Å². The van der Waals surface area contributed by atoms with Crippen LogP contribution in [-0.2, 0) is 11.3 Å². The Bertz CT molecular complexity index is 580. The SMILES string of the molecule is COc1ccnc(CN2CCC3(CC2)CCN(C(=O)C(C)C)C3)c1. The summed E-state index contributed by atoms with van der Waals surface area (Å²) in [5, 5.41) is 0. The lowest BCUT2D eigenvalue weighted by Gasteiger charge is -2.39. The van der Waals surface area contributed by atoms with E-state index in [4.69, 9.17) is 4.74 Å². The molecule has 0 bridgehead atoms. The van der Waals surface area contributed by atoms with Crippen LogP contribution >= 0.6 is 0 Å². The fourth-order valence-electron chi connectivity index (χ4n) is 3.98. The predicted molar refractivity (Wildman–Crippen MR) is 93.8 cm³/mol. The van der Waals surface area contributed by atoms with Crippen molar-refractivity contribution in [3.63, 3.8) is 0 Å². The van der Waals surface area contributed by atoms with Gasteiger partial charge in [0.2, 0.25) is 5.91 Å². The largest absolute Gasteiger partial charge is 0.497 e. The highest BCUT2D eigenvalue weighted by Gasteiger charge is 2.42. The second-order valence-electron chi connectivity index (χ2n) is 7.63. The maximum Gasteiger partial charge on any atom is 0.225 e. The summed E-state index contributed by atoms with van der Waals surface area (Å²) >= 11 is 0. The van der Waals surface area contributed by atoms with E-state index < -0.39 is 0 Å². The van der Waals surface area contributed by atoms with Gasteiger partial charge in [0.25, 0.3) is 0 Å². The molecule has 0 N–H and O–H groups in total. The number of carbonyl (C=O) groups is 1. The van der Waals surface area contributed by atoms with Gasteiger partial charge in [-0.1, -0.05) is 13.8 Å². The van der Waals surface area contributed by atoms with E-state index in [1.54, 1.807) is 7.11 Å². The standard InChI is InChI=1S/C19H29N3O2/c1-15(2)18(23)22-11-7-19(14-22)5-9-21(10-6-19)13-16-12-17(24-3)4-8-20-16/h4,8,12,15H,5-7,9-11,13-14H2,1-3H3. The highest BCUT2D eigenvalue weighted by Crippen LogP contribution is 2.41. The van der Waals surface area contributed by atoms with E-state index in [1.165, 1.54) is 12.8 Å². The van der Waals surface area contributed by atoms with Gasteiger partial charge in [-0.15, -0.1) is 0 Å². The minimum atomic E-state index is 0.111. The molecule has 5 nitrogen and oxygen atoms in total. The van der Waals surface area contributed by atoms with Gasteiger partial charge in [-0.25, -0.2) is 0 Å². The summed E-state index contributed by atoms with van der Waals surface area (Å²) in [6, 6.07) is 3.90. The molecule has 2 aliphatic rings. The topological polar surface area (TPSA) is 45.7 Å². The lowest BCUT2D eigenvalue weighted by atomic mass is 9.77. The summed E-state index contributed by atoms with van der Waals surface area (Å²) in [6.45, 7) is 8.94. The van der Waals surface area contributed by atoms with Crippen LogP contribution in [-0.4, -0.2) is 54.0 Å². The monoisotopic (exact) mass is 331 g/mol.